The van der Waals surface area contributed by atoms with Crippen LogP contribution in [-0.2, 0) is 13.1 Å². The average Bonchev–Trinajstić information content (AvgIpc) is 3.68. The number of hydrogen-bond donors (Lipinski definition) is 1. The van der Waals surface area contributed by atoms with Gasteiger partial charge in [-0.05, 0) is 56.4 Å². The van der Waals surface area contributed by atoms with Crippen LogP contribution < -0.4 is 5.69 Å². The van der Waals surface area contributed by atoms with Crippen LogP contribution in [0.1, 0.15) is 22.6 Å². The molecule has 0 radical (unpaired) electrons. The third-order valence-electron chi connectivity index (χ3n) is 7.20. The molecule has 11 nitrogen and oxygen atoms in total. The first-order valence-corrected chi connectivity index (χ1v) is 13.4. The van der Waals surface area contributed by atoms with Crippen LogP contribution in [0, 0.1) is 0 Å². The lowest BCUT2D eigenvalue weighted by Gasteiger charge is -2.25. The molecule has 15 heteroatoms. The first kappa shape index (κ1) is 29.5. The van der Waals surface area contributed by atoms with Crippen molar-refractivity contribution < 1.29 is 23.1 Å². The standard InChI is InChI=1S/C27H28ClF3N8O3/c1-35-12-11-19(13-35)36(2)25(41)20-5-3-4-6-21(20)39-16-32-23(33-39)15-38-26(42)37(14-22(40)27(29,30)31)24(34-38)17-7-9-18(28)10-8-17/h3-10,16,19,22,40H,11-15H2,1-2H3. The number of carbonyl (C=O) groups is 1. The highest BCUT2D eigenvalue weighted by Gasteiger charge is 2.39. The van der Waals surface area contributed by atoms with Gasteiger partial charge in [0.1, 0.15) is 12.9 Å². The fourth-order valence-electron chi connectivity index (χ4n) is 4.86. The van der Waals surface area contributed by atoms with Crippen LogP contribution in [0.5, 0.6) is 0 Å². The van der Waals surface area contributed by atoms with E-state index in [0.29, 0.717) is 21.8 Å². The van der Waals surface area contributed by atoms with Gasteiger partial charge in [0.15, 0.2) is 17.8 Å². The topological polar surface area (TPSA) is 114 Å². The molecule has 3 heterocycles. The molecule has 1 N–H and O–H groups in total. The van der Waals surface area contributed by atoms with Crippen LogP contribution in [0.25, 0.3) is 17.1 Å². The van der Waals surface area contributed by atoms with Crippen molar-refractivity contribution in [2.75, 3.05) is 27.2 Å². The van der Waals surface area contributed by atoms with Crippen molar-refractivity contribution in [1.29, 1.82) is 0 Å². The zero-order valence-corrected chi connectivity index (χ0v) is 23.5. The molecule has 0 saturated carbocycles. The molecule has 4 aromatic rings. The van der Waals surface area contributed by atoms with Crippen LogP contribution in [0.3, 0.4) is 0 Å². The third kappa shape index (κ3) is 6.10. The smallest absolute Gasteiger partial charge is 0.382 e. The van der Waals surface area contributed by atoms with Gasteiger partial charge < -0.3 is 14.9 Å². The Labute approximate surface area is 243 Å². The van der Waals surface area contributed by atoms with Crippen molar-refractivity contribution in [3.05, 3.63) is 81.8 Å². The summed E-state index contributed by atoms with van der Waals surface area (Å²) in [5.74, 6) is -0.126. The van der Waals surface area contributed by atoms with Gasteiger partial charge >= 0.3 is 11.9 Å². The average molecular weight is 605 g/mol. The summed E-state index contributed by atoms with van der Waals surface area (Å²) in [5.41, 5.74) is 0.331. The second-order valence-electron chi connectivity index (χ2n) is 10.2. The van der Waals surface area contributed by atoms with E-state index >= 15 is 0 Å². The highest BCUT2D eigenvalue weighted by Crippen LogP contribution is 2.24. The van der Waals surface area contributed by atoms with Crippen LogP contribution in [0.2, 0.25) is 5.02 Å². The number of alkyl halides is 3. The number of rotatable bonds is 8. The molecule has 0 spiro atoms. The predicted octanol–water partition coefficient (Wildman–Crippen LogP) is 2.69. The van der Waals surface area contributed by atoms with Crippen molar-refractivity contribution in [3.8, 4) is 17.1 Å². The molecule has 0 aliphatic carbocycles. The maximum atomic E-state index is 13.4. The fourth-order valence-corrected chi connectivity index (χ4v) is 4.98. The highest BCUT2D eigenvalue weighted by atomic mass is 35.5. The molecular formula is C27H28ClF3N8O3. The molecule has 1 saturated heterocycles. The van der Waals surface area contributed by atoms with Crippen molar-refractivity contribution in [2.45, 2.75) is 37.8 Å². The van der Waals surface area contributed by atoms with E-state index in [0.717, 1.165) is 28.8 Å². The highest BCUT2D eigenvalue weighted by molar-refractivity contribution is 6.30. The monoisotopic (exact) mass is 604 g/mol. The SMILES string of the molecule is CN1CCC(N(C)C(=O)c2ccccc2-n2cnc(Cn3nc(-c4ccc(Cl)cc4)n(CC(O)C(F)(F)F)c3=O)n2)C1. The summed E-state index contributed by atoms with van der Waals surface area (Å²) in [6.07, 6.45) is -5.46. The summed E-state index contributed by atoms with van der Waals surface area (Å²) in [7, 11) is 3.78. The van der Waals surface area contributed by atoms with Crippen molar-refractivity contribution in [2.24, 2.45) is 0 Å². The Morgan fingerprint density at radius 3 is 2.55 bits per heavy atom. The number of benzene rings is 2. The fraction of sp³-hybridized carbons (Fsp3) is 0.370. The van der Waals surface area contributed by atoms with E-state index in [1.165, 1.54) is 35.3 Å². The first-order valence-electron chi connectivity index (χ1n) is 13.1. The summed E-state index contributed by atoms with van der Waals surface area (Å²) in [4.78, 5) is 34.7. The van der Waals surface area contributed by atoms with Crippen LogP contribution >= 0.6 is 11.6 Å². The van der Waals surface area contributed by atoms with E-state index in [2.05, 4.69) is 20.1 Å². The molecule has 2 unspecified atom stereocenters. The summed E-state index contributed by atoms with van der Waals surface area (Å²) in [6.45, 7) is 0.353. The second-order valence-corrected chi connectivity index (χ2v) is 10.6. The first-order chi connectivity index (χ1) is 19.9. The molecule has 0 bridgehead atoms. The Morgan fingerprint density at radius 2 is 1.88 bits per heavy atom. The van der Waals surface area contributed by atoms with Gasteiger partial charge in [-0.1, -0.05) is 23.7 Å². The summed E-state index contributed by atoms with van der Waals surface area (Å²) in [6, 6.07) is 13.0. The third-order valence-corrected chi connectivity index (χ3v) is 7.46. The Hall–Kier alpha value is -4.01. The minimum absolute atomic E-state index is 0.0783. The van der Waals surface area contributed by atoms with E-state index in [1.54, 1.807) is 36.2 Å². The van der Waals surface area contributed by atoms with Gasteiger partial charge in [0, 0.05) is 30.2 Å². The molecule has 5 rings (SSSR count). The van der Waals surface area contributed by atoms with Crippen LogP contribution in [0.15, 0.2) is 59.7 Å². The van der Waals surface area contributed by atoms with Gasteiger partial charge in [0.2, 0.25) is 0 Å². The van der Waals surface area contributed by atoms with Crippen molar-refractivity contribution in [1.82, 2.24) is 38.9 Å². The summed E-state index contributed by atoms with van der Waals surface area (Å²) >= 11 is 5.94. The number of amides is 1. The lowest BCUT2D eigenvalue weighted by Crippen LogP contribution is -2.39. The summed E-state index contributed by atoms with van der Waals surface area (Å²) < 4.78 is 42.5. The van der Waals surface area contributed by atoms with Gasteiger partial charge in [-0.15, -0.1) is 10.2 Å². The largest absolute Gasteiger partial charge is 0.416 e. The molecule has 2 atom stereocenters. The molecule has 1 fully saturated rings. The summed E-state index contributed by atoms with van der Waals surface area (Å²) in [5, 5.41) is 18.7. The minimum Gasteiger partial charge on any atom is -0.382 e. The van der Waals surface area contributed by atoms with Crippen molar-refractivity contribution >= 4 is 17.5 Å². The lowest BCUT2D eigenvalue weighted by atomic mass is 10.1. The molecule has 222 valence electrons. The van der Waals surface area contributed by atoms with E-state index < -0.39 is 24.5 Å². The number of aliphatic hydroxyl groups is 1. The number of likely N-dealkylation sites (tertiary alicyclic amines) is 1. The van der Waals surface area contributed by atoms with E-state index in [-0.39, 0.29) is 30.1 Å². The maximum Gasteiger partial charge on any atom is 0.416 e. The number of likely N-dealkylation sites (N-methyl/N-ethyl adjacent to an activating group) is 2. The molecular weight excluding hydrogens is 577 g/mol. The van der Waals surface area contributed by atoms with E-state index in [4.69, 9.17) is 11.6 Å². The number of carbonyl (C=O) groups excluding carboxylic acids is 1. The zero-order valence-electron chi connectivity index (χ0n) is 22.7. The molecule has 2 aromatic carbocycles. The Kier molecular flexibility index (Phi) is 8.21. The quantitative estimate of drug-likeness (QED) is 0.329. The Bertz CT molecular complexity index is 1630. The molecule has 2 aromatic heterocycles. The minimum atomic E-state index is -4.94. The Balaban J connectivity index is 1.44. The molecule has 42 heavy (non-hydrogen) atoms. The number of halogens is 4. The van der Waals surface area contributed by atoms with E-state index in [1.807, 2.05) is 7.05 Å². The van der Waals surface area contributed by atoms with Gasteiger partial charge in [-0.25, -0.2) is 19.1 Å². The molecule has 1 aliphatic rings. The molecule has 1 aliphatic heterocycles. The molecule has 1 amide bonds. The number of aliphatic hydroxyl groups excluding tert-OH is 1. The number of para-hydroxylation sites is 1. The van der Waals surface area contributed by atoms with Gasteiger partial charge in [0.25, 0.3) is 5.91 Å². The Morgan fingerprint density at radius 1 is 1.17 bits per heavy atom. The van der Waals surface area contributed by atoms with Gasteiger partial charge in [-0.3, -0.25) is 9.36 Å². The maximum absolute atomic E-state index is 13.4. The lowest BCUT2D eigenvalue weighted by molar-refractivity contribution is -0.207. The van der Waals surface area contributed by atoms with Gasteiger partial charge in [-0.2, -0.15) is 13.2 Å². The van der Waals surface area contributed by atoms with E-state index in [9.17, 15) is 27.9 Å². The van der Waals surface area contributed by atoms with Crippen molar-refractivity contribution in [3.63, 3.8) is 0 Å². The number of aromatic nitrogens is 6. The van der Waals surface area contributed by atoms with Gasteiger partial charge in [0.05, 0.1) is 17.8 Å². The number of hydrogen-bond acceptors (Lipinski definition) is 7. The van der Waals surface area contributed by atoms with Crippen LogP contribution in [-0.4, -0.2) is 95.4 Å². The second kappa shape index (κ2) is 11.7. The predicted molar refractivity (Wildman–Crippen MR) is 147 cm³/mol. The zero-order chi connectivity index (χ0) is 30.2. The normalized spacial score (nSPS) is 16.6. The van der Waals surface area contributed by atoms with Crippen LogP contribution in [0.4, 0.5) is 13.2 Å². The number of nitrogens with zero attached hydrogens (tertiary/aromatic N) is 8.